The second-order valence-electron chi connectivity index (χ2n) is 5.32. The Kier molecular flexibility index (Phi) is 5.14. The summed E-state index contributed by atoms with van der Waals surface area (Å²) in [5, 5.41) is 3.89. The molecule has 1 amide bonds. The van der Waals surface area contributed by atoms with Gasteiger partial charge in [-0.15, -0.1) is 0 Å². The van der Waals surface area contributed by atoms with Crippen molar-refractivity contribution in [3.05, 3.63) is 36.0 Å². The number of fused-ring (bicyclic) bond motifs is 1. The molecule has 114 valence electrons. The van der Waals surface area contributed by atoms with Crippen LogP contribution in [-0.4, -0.2) is 39.2 Å². The molecule has 21 heavy (non-hydrogen) atoms. The summed E-state index contributed by atoms with van der Waals surface area (Å²) in [5.74, 6) is 0.226. The molecular weight excluding hydrogens is 286 g/mol. The Morgan fingerprint density at radius 3 is 2.86 bits per heavy atom. The Morgan fingerprint density at radius 2 is 2.14 bits per heavy atom. The van der Waals surface area contributed by atoms with E-state index >= 15 is 0 Å². The molecule has 4 N–H and O–H groups in total. The molecule has 2 rings (SSSR count). The van der Waals surface area contributed by atoms with Crippen LogP contribution in [0.2, 0.25) is 0 Å². The van der Waals surface area contributed by atoms with Crippen LogP contribution >= 0.6 is 0 Å². The summed E-state index contributed by atoms with van der Waals surface area (Å²) >= 11 is 0. The molecule has 1 aromatic heterocycles. The van der Waals surface area contributed by atoms with Crippen LogP contribution in [0.25, 0.3) is 10.9 Å². The lowest BCUT2D eigenvalue weighted by atomic mass is 10.0. The molecule has 2 aromatic rings. The first kappa shape index (κ1) is 15.7. The third-order valence-electron chi connectivity index (χ3n) is 3.32. The number of amides is 1. The zero-order valence-corrected chi connectivity index (χ0v) is 13.1. The zero-order chi connectivity index (χ0) is 15.4. The number of carbonyl (C=O) groups is 1. The lowest BCUT2D eigenvalue weighted by molar-refractivity contribution is -0.122. The van der Waals surface area contributed by atoms with Gasteiger partial charge in [-0.05, 0) is 25.0 Å². The highest BCUT2D eigenvalue weighted by Crippen LogP contribution is 2.18. The fourth-order valence-corrected chi connectivity index (χ4v) is 3.16. The highest BCUT2D eigenvalue weighted by atomic mass is 32.2. The van der Waals surface area contributed by atoms with Crippen LogP contribution in [0, 0.1) is 0 Å². The molecule has 0 saturated carbocycles. The van der Waals surface area contributed by atoms with E-state index in [1.165, 1.54) is 0 Å². The number of carbonyl (C=O) groups excluding carboxylic acids is 1. The number of aromatic nitrogens is 1. The average molecular weight is 307 g/mol. The molecule has 1 aromatic carbocycles. The number of nitrogens with two attached hydrogens (primary N) is 1. The predicted molar refractivity (Wildman–Crippen MR) is 86.5 cm³/mol. The van der Waals surface area contributed by atoms with Gasteiger partial charge in [0.25, 0.3) is 0 Å². The number of aromatic amines is 1. The summed E-state index contributed by atoms with van der Waals surface area (Å²) in [4.78, 5) is 15.2. The first-order valence-corrected chi connectivity index (χ1v) is 8.61. The van der Waals surface area contributed by atoms with Gasteiger partial charge in [0.15, 0.2) is 0 Å². The standard InChI is InChI=1S/C15H21N3O2S/c1-10(9-21(2)20)18-15(19)13(16)7-11-8-17-14-6-4-3-5-12(11)14/h3-6,8,10,13,17H,7,9,16H2,1-2H3,(H,18,19)/t10?,13-,21?/m0/s1. The van der Waals surface area contributed by atoms with Crippen molar-refractivity contribution in [3.63, 3.8) is 0 Å². The summed E-state index contributed by atoms with van der Waals surface area (Å²) in [5.41, 5.74) is 8.04. The number of rotatable bonds is 6. The molecule has 1 heterocycles. The predicted octanol–water partition coefficient (Wildman–Crippen LogP) is 0.921. The van der Waals surface area contributed by atoms with Crippen molar-refractivity contribution in [1.29, 1.82) is 0 Å². The average Bonchev–Trinajstić information content (AvgIpc) is 2.81. The Hall–Kier alpha value is -1.66. The Morgan fingerprint density at radius 1 is 1.43 bits per heavy atom. The Balaban J connectivity index is 1.99. The quantitative estimate of drug-likeness (QED) is 0.741. The molecule has 5 nitrogen and oxygen atoms in total. The Bertz CT molecular complexity index is 653. The summed E-state index contributed by atoms with van der Waals surface area (Å²) < 4.78 is 11.1. The number of benzene rings is 1. The van der Waals surface area contributed by atoms with Crippen LogP contribution < -0.4 is 11.1 Å². The smallest absolute Gasteiger partial charge is 0.237 e. The van der Waals surface area contributed by atoms with Crippen LogP contribution in [-0.2, 0) is 22.0 Å². The summed E-state index contributed by atoms with van der Waals surface area (Å²) in [6, 6.07) is 7.16. The molecule has 0 aliphatic carbocycles. The monoisotopic (exact) mass is 307 g/mol. The van der Waals surface area contributed by atoms with Gasteiger partial charge in [0.2, 0.25) is 5.91 Å². The highest BCUT2D eigenvalue weighted by Gasteiger charge is 2.18. The van der Waals surface area contributed by atoms with Crippen LogP contribution in [0.5, 0.6) is 0 Å². The summed E-state index contributed by atoms with van der Waals surface area (Å²) in [7, 11) is -0.936. The topological polar surface area (TPSA) is 88.0 Å². The maximum atomic E-state index is 12.1. The maximum Gasteiger partial charge on any atom is 0.237 e. The van der Waals surface area contributed by atoms with E-state index in [4.69, 9.17) is 5.73 Å². The van der Waals surface area contributed by atoms with Gasteiger partial charge in [-0.2, -0.15) is 0 Å². The first-order chi connectivity index (χ1) is 9.97. The van der Waals surface area contributed by atoms with Crippen LogP contribution in [0.1, 0.15) is 12.5 Å². The number of nitrogens with one attached hydrogen (secondary N) is 2. The third-order valence-corrected chi connectivity index (χ3v) is 4.29. The first-order valence-electron chi connectivity index (χ1n) is 6.88. The molecule has 0 saturated heterocycles. The fourth-order valence-electron chi connectivity index (χ4n) is 2.37. The van der Waals surface area contributed by atoms with Gasteiger partial charge in [-0.3, -0.25) is 9.00 Å². The number of para-hydroxylation sites is 1. The Labute approximate surface area is 126 Å². The van der Waals surface area contributed by atoms with Gasteiger partial charge in [-0.1, -0.05) is 18.2 Å². The maximum absolute atomic E-state index is 12.1. The van der Waals surface area contributed by atoms with E-state index in [9.17, 15) is 9.00 Å². The minimum atomic E-state index is -0.936. The van der Waals surface area contributed by atoms with Crippen molar-refractivity contribution < 1.29 is 9.00 Å². The van der Waals surface area contributed by atoms with E-state index in [0.29, 0.717) is 12.2 Å². The zero-order valence-electron chi connectivity index (χ0n) is 12.3. The largest absolute Gasteiger partial charge is 0.361 e. The number of hydrogen-bond acceptors (Lipinski definition) is 3. The van der Waals surface area contributed by atoms with Gasteiger partial charge in [0.1, 0.15) is 0 Å². The van der Waals surface area contributed by atoms with Crippen molar-refractivity contribution in [3.8, 4) is 0 Å². The third kappa shape index (κ3) is 4.15. The lowest BCUT2D eigenvalue weighted by Crippen LogP contribution is -2.46. The van der Waals surface area contributed by atoms with E-state index in [1.807, 2.05) is 37.4 Å². The second-order valence-corrected chi connectivity index (χ2v) is 6.80. The molecule has 0 bridgehead atoms. The number of hydrogen-bond donors (Lipinski definition) is 3. The van der Waals surface area contributed by atoms with E-state index < -0.39 is 16.8 Å². The molecule has 6 heteroatoms. The van der Waals surface area contributed by atoms with Crippen molar-refractivity contribution in [2.24, 2.45) is 5.73 Å². The molecule has 0 aliphatic heterocycles. The van der Waals surface area contributed by atoms with E-state index in [2.05, 4.69) is 10.3 Å². The minimum absolute atomic E-state index is 0.141. The van der Waals surface area contributed by atoms with Gasteiger partial charge >= 0.3 is 0 Å². The fraction of sp³-hybridized carbons (Fsp3) is 0.400. The molecule has 0 aliphatic rings. The molecular formula is C15H21N3O2S. The van der Waals surface area contributed by atoms with Crippen molar-refractivity contribution >= 4 is 27.6 Å². The lowest BCUT2D eigenvalue weighted by Gasteiger charge is -2.16. The van der Waals surface area contributed by atoms with Crippen molar-refractivity contribution in [2.75, 3.05) is 12.0 Å². The molecule has 0 spiro atoms. The normalized spacial score (nSPS) is 15.6. The van der Waals surface area contributed by atoms with Crippen LogP contribution in [0.4, 0.5) is 0 Å². The SMILES string of the molecule is CC(CS(C)=O)NC(=O)[C@@H](N)Cc1c[nH]c2ccccc12. The van der Waals surface area contributed by atoms with E-state index in [0.717, 1.165) is 16.5 Å². The molecule has 0 radical (unpaired) electrons. The van der Waals surface area contributed by atoms with Gasteiger partial charge in [0.05, 0.1) is 6.04 Å². The second kappa shape index (κ2) is 6.87. The van der Waals surface area contributed by atoms with Crippen molar-refractivity contribution in [2.45, 2.75) is 25.4 Å². The molecule has 0 fully saturated rings. The highest BCUT2D eigenvalue weighted by molar-refractivity contribution is 7.84. The van der Waals surface area contributed by atoms with E-state index in [-0.39, 0.29) is 11.9 Å². The van der Waals surface area contributed by atoms with Gasteiger partial charge < -0.3 is 16.0 Å². The molecule has 3 atom stereocenters. The summed E-state index contributed by atoms with van der Waals surface area (Å²) in [6.45, 7) is 1.83. The van der Waals surface area contributed by atoms with Gasteiger partial charge in [0, 0.05) is 45.9 Å². The van der Waals surface area contributed by atoms with Crippen molar-refractivity contribution in [1.82, 2.24) is 10.3 Å². The molecule has 2 unspecified atom stereocenters. The minimum Gasteiger partial charge on any atom is -0.361 e. The van der Waals surface area contributed by atoms with E-state index in [1.54, 1.807) is 6.26 Å². The number of H-pyrrole nitrogens is 1. The van der Waals surface area contributed by atoms with Crippen LogP contribution in [0.15, 0.2) is 30.5 Å². The van der Waals surface area contributed by atoms with Gasteiger partial charge in [-0.25, -0.2) is 0 Å². The summed E-state index contributed by atoms with van der Waals surface area (Å²) in [6.07, 6.45) is 3.98. The van der Waals surface area contributed by atoms with Crippen LogP contribution in [0.3, 0.4) is 0 Å².